The molecule has 3 heteroatoms. The zero-order valence-electron chi connectivity index (χ0n) is 8.75. The number of aryl methyl sites for hydroxylation is 2. The van der Waals surface area contributed by atoms with Gasteiger partial charge in [-0.2, -0.15) is 0 Å². The molecule has 0 aliphatic heterocycles. The van der Waals surface area contributed by atoms with Crippen molar-refractivity contribution in [3.63, 3.8) is 0 Å². The molecule has 0 aromatic heterocycles. The third-order valence-electron chi connectivity index (χ3n) is 2.24. The second-order valence-electron chi connectivity index (χ2n) is 3.46. The fourth-order valence-electron chi connectivity index (χ4n) is 1.54. The van der Waals surface area contributed by atoms with Gasteiger partial charge >= 0.3 is 5.97 Å². The lowest BCUT2D eigenvalue weighted by atomic mass is 10.00. The van der Waals surface area contributed by atoms with Crippen LogP contribution in [0, 0.1) is 13.8 Å². The van der Waals surface area contributed by atoms with Crippen molar-refractivity contribution < 1.29 is 9.90 Å². The van der Waals surface area contributed by atoms with Gasteiger partial charge in [-0.3, -0.25) is 0 Å². The summed E-state index contributed by atoms with van der Waals surface area (Å²) < 4.78 is 1.06. The Kier molecular flexibility index (Phi) is 4.09. The number of hydrogen-bond donors (Lipinski definition) is 1. The molecule has 0 saturated carbocycles. The van der Waals surface area contributed by atoms with Crippen molar-refractivity contribution in [1.82, 2.24) is 0 Å². The average molecular weight is 269 g/mol. The number of carboxylic acid groups (broad SMARTS) is 1. The second kappa shape index (κ2) is 5.12. The highest BCUT2D eigenvalue weighted by atomic mass is 79.9. The molecule has 1 aromatic rings. The first-order chi connectivity index (χ1) is 7.00. The first kappa shape index (κ1) is 12.0. The molecule has 0 unspecified atom stereocenters. The summed E-state index contributed by atoms with van der Waals surface area (Å²) in [5.74, 6) is -0.901. The number of benzene rings is 1. The van der Waals surface area contributed by atoms with E-state index in [-0.39, 0.29) is 0 Å². The molecular formula is C12H13BrO2. The molecular weight excluding hydrogens is 256 g/mol. The van der Waals surface area contributed by atoms with Gasteiger partial charge < -0.3 is 5.11 Å². The lowest BCUT2D eigenvalue weighted by Gasteiger charge is -2.08. The van der Waals surface area contributed by atoms with E-state index in [1.807, 2.05) is 26.0 Å². The van der Waals surface area contributed by atoms with Crippen molar-refractivity contribution in [2.75, 3.05) is 0 Å². The summed E-state index contributed by atoms with van der Waals surface area (Å²) in [6.45, 7) is 4.06. The highest BCUT2D eigenvalue weighted by molar-refractivity contribution is 9.10. The van der Waals surface area contributed by atoms with E-state index < -0.39 is 5.97 Å². The second-order valence-corrected chi connectivity index (χ2v) is 4.38. The molecule has 2 nitrogen and oxygen atoms in total. The zero-order valence-corrected chi connectivity index (χ0v) is 10.3. The lowest BCUT2D eigenvalue weighted by molar-refractivity contribution is -0.131. The topological polar surface area (TPSA) is 37.3 Å². The van der Waals surface area contributed by atoms with Crippen LogP contribution in [0.1, 0.15) is 16.7 Å². The predicted octanol–water partition coefficient (Wildman–Crippen LogP) is 3.25. The van der Waals surface area contributed by atoms with Gasteiger partial charge in [0.1, 0.15) is 0 Å². The third-order valence-corrected chi connectivity index (χ3v) is 2.70. The van der Waals surface area contributed by atoms with Crippen LogP contribution in [0.25, 0.3) is 0 Å². The lowest BCUT2D eigenvalue weighted by Crippen LogP contribution is -1.93. The van der Waals surface area contributed by atoms with E-state index in [1.54, 1.807) is 6.08 Å². The smallest absolute Gasteiger partial charge is 0.327 e. The third kappa shape index (κ3) is 3.51. The SMILES string of the molecule is Cc1cc(Br)cc(C)c1C/C=C/C(=O)O. The van der Waals surface area contributed by atoms with Crippen molar-refractivity contribution in [1.29, 1.82) is 0 Å². The Hall–Kier alpha value is -1.09. The summed E-state index contributed by atoms with van der Waals surface area (Å²) in [6, 6.07) is 4.08. The van der Waals surface area contributed by atoms with Crippen molar-refractivity contribution in [3.05, 3.63) is 45.4 Å². The van der Waals surface area contributed by atoms with Gasteiger partial charge in [0.25, 0.3) is 0 Å². The van der Waals surface area contributed by atoms with Crippen LogP contribution in [0.4, 0.5) is 0 Å². The average Bonchev–Trinajstić information content (AvgIpc) is 2.08. The number of rotatable bonds is 3. The van der Waals surface area contributed by atoms with Gasteiger partial charge in [0.05, 0.1) is 0 Å². The molecule has 0 heterocycles. The van der Waals surface area contributed by atoms with Gasteiger partial charge in [-0.15, -0.1) is 0 Å². The summed E-state index contributed by atoms with van der Waals surface area (Å²) in [4.78, 5) is 10.3. The van der Waals surface area contributed by atoms with Crippen LogP contribution in [0.15, 0.2) is 28.8 Å². The van der Waals surface area contributed by atoms with Crippen LogP contribution in [-0.2, 0) is 11.2 Å². The number of aliphatic carboxylic acids is 1. The van der Waals surface area contributed by atoms with Crippen molar-refractivity contribution in [2.24, 2.45) is 0 Å². The molecule has 1 aromatic carbocycles. The monoisotopic (exact) mass is 268 g/mol. The minimum absolute atomic E-state index is 0.664. The molecule has 0 atom stereocenters. The van der Waals surface area contributed by atoms with Gasteiger partial charge in [0.15, 0.2) is 0 Å². The maximum Gasteiger partial charge on any atom is 0.327 e. The Morgan fingerprint density at radius 1 is 1.40 bits per heavy atom. The summed E-state index contributed by atoms with van der Waals surface area (Å²) in [7, 11) is 0. The first-order valence-corrected chi connectivity index (χ1v) is 5.45. The first-order valence-electron chi connectivity index (χ1n) is 4.66. The molecule has 1 N–H and O–H groups in total. The van der Waals surface area contributed by atoms with E-state index in [4.69, 9.17) is 5.11 Å². The van der Waals surface area contributed by atoms with Gasteiger partial charge in [-0.25, -0.2) is 4.79 Å². The maximum atomic E-state index is 10.3. The van der Waals surface area contributed by atoms with E-state index in [2.05, 4.69) is 15.9 Å². The van der Waals surface area contributed by atoms with Crippen LogP contribution < -0.4 is 0 Å². The summed E-state index contributed by atoms with van der Waals surface area (Å²) >= 11 is 3.43. The minimum Gasteiger partial charge on any atom is -0.478 e. The molecule has 0 bridgehead atoms. The molecule has 80 valence electrons. The van der Waals surface area contributed by atoms with Crippen LogP contribution in [-0.4, -0.2) is 11.1 Å². The summed E-state index contributed by atoms with van der Waals surface area (Å²) in [5, 5.41) is 8.48. The van der Waals surface area contributed by atoms with Crippen molar-refractivity contribution in [2.45, 2.75) is 20.3 Å². The highest BCUT2D eigenvalue weighted by Gasteiger charge is 2.02. The van der Waals surface area contributed by atoms with E-state index >= 15 is 0 Å². The normalized spacial score (nSPS) is 10.9. The Morgan fingerprint density at radius 3 is 2.40 bits per heavy atom. The summed E-state index contributed by atoms with van der Waals surface area (Å²) in [6.07, 6.45) is 3.52. The minimum atomic E-state index is -0.901. The quantitative estimate of drug-likeness (QED) is 0.855. The fraction of sp³-hybridized carbons (Fsp3) is 0.250. The standard InChI is InChI=1S/C12H13BrO2/c1-8-6-10(13)7-9(2)11(8)4-3-5-12(14)15/h3,5-7H,4H2,1-2H3,(H,14,15)/b5-3+. The number of halogens is 1. The van der Waals surface area contributed by atoms with Crippen LogP contribution in [0.3, 0.4) is 0 Å². The van der Waals surface area contributed by atoms with Gasteiger partial charge in [0.2, 0.25) is 0 Å². The molecule has 0 spiro atoms. The molecule has 0 aliphatic carbocycles. The number of carbonyl (C=O) groups is 1. The molecule has 0 fully saturated rings. The molecule has 15 heavy (non-hydrogen) atoms. The van der Waals surface area contributed by atoms with Gasteiger partial charge in [-0.05, 0) is 49.1 Å². The Bertz CT molecular complexity index is 385. The van der Waals surface area contributed by atoms with Crippen molar-refractivity contribution in [3.8, 4) is 0 Å². The Balaban J connectivity index is 2.90. The zero-order chi connectivity index (χ0) is 11.4. The largest absolute Gasteiger partial charge is 0.478 e. The highest BCUT2D eigenvalue weighted by Crippen LogP contribution is 2.21. The van der Waals surface area contributed by atoms with Crippen LogP contribution >= 0.6 is 15.9 Å². The molecule has 0 saturated heterocycles. The van der Waals surface area contributed by atoms with Gasteiger partial charge in [-0.1, -0.05) is 22.0 Å². The fourth-order valence-corrected chi connectivity index (χ4v) is 2.23. The predicted molar refractivity (Wildman–Crippen MR) is 64.1 cm³/mol. The number of allylic oxidation sites excluding steroid dienone is 1. The Morgan fingerprint density at radius 2 is 1.93 bits per heavy atom. The summed E-state index contributed by atoms with van der Waals surface area (Å²) in [5.41, 5.74) is 3.55. The van der Waals surface area contributed by atoms with Gasteiger partial charge in [0, 0.05) is 10.5 Å². The van der Waals surface area contributed by atoms with E-state index in [0.29, 0.717) is 6.42 Å². The maximum absolute atomic E-state index is 10.3. The Labute approximate surface area is 97.8 Å². The number of hydrogen-bond acceptors (Lipinski definition) is 1. The van der Waals surface area contributed by atoms with E-state index in [9.17, 15) is 4.79 Å². The molecule has 0 aliphatic rings. The number of carboxylic acids is 1. The molecule has 1 rings (SSSR count). The van der Waals surface area contributed by atoms with Crippen LogP contribution in [0.5, 0.6) is 0 Å². The van der Waals surface area contributed by atoms with Crippen LogP contribution in [0.2, 0.25) is 0 Å². The van der Waals surface area contributed by atoms with E-state index in [1.165, 1.54) is 22.8 Å². The molecule has 0 radical (unpaired) electrons. The molecule has 0 amide bonds. The van der Waals surface area contributed by atoms with E-state index in [0.717, 1.165) is 4.47 Å². The van der Waals surface area contributed by atoms with Crippen molar-refractivity contribution >= 4 is 21.9 Å².